The number of hydrogen-bond donors (Lipinski definition) is 5. The molecule has 0 spiro atoms. The zero-order valence-corrected chi connectivity index (χ0v) is 37.9. The number of nitrogens with one attached hydrogen (secondary N) is 3. The number of carbonyl (C=O) groups is 5. The molecule has 5 amide bonds. The van der Waals surface area contributed by atoms with Gasteiger partial charge in [0, 0.05) is 18.0 Å². The highest BCUT2D eigenvalue weighted by molar-refractivity contribution is 7.00. The van der Waals surface area contributed by atoms with E-state index in [2.05, 4.69) is 61.0 Å². The van der Waals surface area contributed by atoms with Crippen LogP contribution in [0.5, 0.6) is 11.5 Å². The Bertz CT molecular complexity index is 2260. The molecular weight excluding hydrogens is 823 g/mol. The largest absolute Gasteiger partial charge is 0.531 e. The Morgan fingerprint density at radius 2 is 1.46 bits per heavy atom. The molecule has 0 radical (unpaired) electrons. The van der Waals surface area contributed by atoms with Crippen molar-refractivity contribution in [3.8, 4) is 11.5 Å². The fourth-order valence-corrected chi connectivity index (χ4v) is 11.9. The molecule has 6 N–H and O–H groups in total. The molecule has 1 heterocycles. The van der Waals surface area contributed by atoms with Gasteiger partial charge in [-0.2, -0.15) is 0 Å². The molecule has 0 unspecified atom stereocenters. The Morgan fingerprint density at radius 3 is 1.98 bits per heavy atom. The second-order valence-electron chi connectivity index (χ2n) is 16.8. The van der Waals surface area contributed by atoms with Crippen LogP contribution in [0.15, 0.2) is 109 Å². The molecule has 334 valence electrons. The van der Waals surface area contributed by atoms with Crippen molar-refractivity contribution in [3.05, 3.63) is 120 Å². The Labute approximate surface area is 369 Å². The van der Waals surface area contributed by atoms with Gasteiger partial charge in [-0.25, -0.2) is 9.59 Å². The maximum absolute atomic E-state index is 14.3. The SMILES string of the molecule is COc1cc(C(=O)N2C=C(C)C[C@H]2CO)c(NC(=O)OCc2ccc(NC(=O)[C@H](C)NC(=O)[C@@H](OC(N)=O)C(C)C)cc2)cc1O[Si](c1ccccc1)(c1ccccc1)C(C)(C)C. The highest BCUT2D eigenvalue weighted by atomic mass is 28.4. The summed E-state index contributed by atoms with van der Waals surface area (Å²) in [6.45, 7) is 12.7. The third kappa shape index (κ3) is 11.2. The maximum atomic E-state index is 14.3. The second-order valence-corrected chi connectivity index (χ2v) is 21.0. The minimum Gasteiger partial charge on any atom is -0.531 e. The molecule has 63 heavy (non-hydrogen) atoms. The van der Waals surface area contributed by atoms with Gasteiger partial charge in [-0.15, -0.1) is 0 Å². The van der Waals surface area contributed by atoms with Crippen molar-refractivity contribution in [3.63, 3.8) is 0 Å². The quantitative estimate of drug-likeness (QED) is 0.0823. The van der Waals surface area contributed by atoms with E-state index in [1.54, 1.807) is 50.4 Å². The zero-order valence-electron chi connectivity index (χ0n) is 36.9. The van der Waals surface area contributed by atoms with Crippen LogP contribution in [0.1, 0.15) is 70.8 Å². The van der Waals surface area contributed by atoms with Crippen LogP contribution in [0.25, 0.3) is 0 Å². The highest BCUT2D eigenvalue weighted by Crippen LogP contribution is 2.42. The van der Waals surface area contributed by atoms with Gasteiger partial charge in [-0.3, -0.25) is 19.7 Å². The van der Waals surface area contributed by atoms with E-state index in [0.717, 1.165) is 15.9 Å². The van der Waals surface area contributed by atoms with Crippen molar-refractivity contribution in [1.82, 2.24) is 10.2 Å². The summed E-state index contributed by atoms with van der Waals surface area (Å²) >= 11 is 0. The van der Waals surface area contributed by atoms with Crippen LogP contribution >= 0.6 is 0 Å². The molecule has 3 atom stereocenters. The summed E-state index contributed by atoms with van der Waals surface area (Å²) in [7, 11) is -1.74. The van der Waals surface area contributed by atoms with Gasteiger partial charge in [0.2, 0.25) is 5.91 Å². The van der Waals surface area contributed by atoms with Crippen LogP contribution in [0, 0.1) is 5.92 Å². The summed E-state index contributed by atoms with van der Waals surface area (Å²) < 4.78 is 23.8. The van der Waals surface area contributed by atoms with Crippen LogP contribution < -0.4 is 41.2 Å². The number of rotatable bonds is 16. The predicted molar refractivity (Wildman–Crippen MR) is 242 cm³/mol. The number of nitrogens with zero attached hydrogens (tertiary/aromatic N) is 1. The lowest BCUT2D eigenvalue weighted by Gasteiger charge is -2.43. The molecule has 4 aromatic carbocycles. The van der Waals surface area contributed by atoms with Gasteiger partial charge in [0.15, 0.2) is 11.9 Å². The number of ether oxygens (including phenoxy) is 3. The molecule has 1 aliphatic heterocycles. The first-order valence-corrected chi connectivity index (χ1v) is 22.5. The Morgan fingerprint density at radius 1 is 0.857 bits per heavy atom. The number of primary amides is 1. The van der Waals surface area contributed by atoms with Crippen LogP contribution in [0.4, 0.5) is 21.0 Å². The highest BCUT2D eigenvalue weighted by Gasteiger charge is 2.52. The molecule has 0 fully saturated rings. The van der Waals surface area contributed by atoms with Crippen molar-refractivity contribution >= 4 is 60.0 Å². The van der Waals surface area contributed by atoms with Crippen LogP contribution in [-0.2, 0) is 25.7 Å². The third-order valence-electron chi connectivity index (χ3n) is 10.7. The summed E-state index contributed by atoms with van der Waals surface area (Å²) in [5.74, 6) is -1.47. The molecule has 0 bridgehead atoms. The van der Waals surface area contributed by atoms with Gasteiger partial charge < -0.3 is 45.0 Å². The van der Waals surface area contributed by atoms with Gasteiger partial charge in [0.1, 0.15) is 18.4 Å². The summed E-state index contributed by atoms with van der Waals surface area (Å²) in [5, 5.41) is 19.8. The topological polar surface area (TPSA) is 208 Å². The van der Waals surface area contributed by atoms with E-state index in [4.69, 9.17) is 24.4 Å². The van der Waals surface area contributed by atoms with E-state index in [1.807, 2.05) is 43.3 Å². The lowest BCUT2D eigenvalue weighted by Crippen LogP contribution is -2.68. The van der Waals surface area contributed by atoms with E-state index < -0.39 is 61.5 Å². The monoisotopic (exact) mass is 879 g/mol. The number of amides is 5. The smallest absolute Gasteiger partial charge is 0.411 e. The summed E-state index contributed by atoms with van der Waals surface area (Å²) in [6.07, 6.45) is -0.947. The van der Waals surface area contributed by atoms with E-state index in [-0.39, 0.29) is 36.1 Å². The molecule has 0 aliphatic carbocycles. The van der Waals surface area contributed by atoms with Crippen LogP contribution in [-0.4, -0.2) is 80.1 Å². The standard InChI is InChI=1S/C47H57N5O10Si/c1-29(2)41(61-45(48)57)43(55)49-31(4)42(54)50-33-21-19-32(20-22-33)28-60-46(58)51-38-25-40(39(59-8)24-37(38)44(56)52-26-30(3)23-34(52)27-53)62-63(47(5,6)7,35-15-11-9-12-16-35)36-17-13-10-14-18-36/h9-22,24-26,29,31,34,41,53H,23,27-28H2,1-8H3,(H2,48,57)(H,49,55)(H,50,54)(H,51,58)/t31-,34-,41-/m0/s1. The van der Waals surface area contributed by atoms with Gasteiger partial charge in [0.05, 0.1) is 31.0 Å². The average Bonchev–Trinajstić information content (AvgIpc) is 3.64. The van der Waals surface area contributed by atoms with Crippen molar-refractivity contribution in [2.24, 2.45) is 11.7 Å². The van der Waals surface area contributed by atoms with Gasteiger partial charge >= 0.3 is 20.5 Å². The normalized spacial score (nSPS) is 14.8. The van der Waals surface area contributed by atoms with Crippen LogP contribution in [0.2, 0.25) is 5.04 Å². The van der Waals surface area contributed by atoms with Gasteiger partial charge in [-0.1, -0.05) is 113 Å². The number of carbonyl (C=O) groups excluding carboxylic acids is 5. The van der Waals surface area contributed by atoms with Crippen molar-refractivity contribution in [2.45, 2.75) is 84.7 Å². The van der Waals surface area contributed by atoms with Crippen molar-refractivity contribution < 1.29 is 47.7 Å². The fraction of sp³-hybridized carbons (Fsp3) is 0.340. The molecule has 15 nitrogen and oxygen atoms in total. The summed E-state index contributed by atoms with van der Waals surface area (Å²) in [4.78, 5) is 66.2. The second kappa shape index (κ2) is 20.5. The number of nitrogens with two attached hydrogens (primary N) is 1. The molecule has 0 aromatic heterocycles. The summed E-state index contributed by atoms with van der Waals surface area (Å²) in [5.41, 5.74) is 7.19. The van der Waals surface area contributed by atoms with Gasteiger partial charge in [0.25, 0.3) is 11.8 Å². The average molecular weight is 880 g/mol. The van der Waals surface area contributed by atoms with E-state index >= 15 is 0 Å². The lowest BCUT2D eigenvalue weighted by molar-refractivity contribution is -0.134. The zero-order chi connectivity index (χ0) is 46.1. The molecule has 1 aliphatic rings. The minimum atomic E-state index is -3.23. The molecule has 5 rings (SSSR count). The molecule has 4 aromatic rings. The Hall–Kier alpha value is -6.65. The first-order valence-electron chi connectivity index (χ1n) is 20.6. The van der Waals surface area contributed by atoms with Crippen LogP contribution in [0.3, 0.4) is 0 Å². The van der Waals surface area contributed by atoms with Crippen molar-refractivity contribution in [1.29, 1.82) is 0 Å². The summed E-state index contributed by atoms with van der Waals surface area (Å²) in [6, 6.07) is 28.2. The first-order chi connectivity index (χ1) is 29.9. The molecule has 16 heteroatoms. The molecular formula is C47H57N5O10Si. The number of hydrogen-bond acceptors (Lipinski definition) is 10. The molecule has 0 saturated carbocycles. The number of aliphatic hydroxyl groups is 1. The predicted octanol–water partition coefficient (Wildman–Crippen LogP) is 6.06. The Kier molecular flexibility index (Phi) is 15.4. The van der Waals surface area contributed by atoms with Gasteiger partial charge in [-0.05, 0) is 65.4 Å². The molecule has 0 saturated heterocycles. The Balaban J connectivity index is 1.40. The first kappa shape index (κ1) is 47.4. The number of benzene rings is 4. The number of aliphatic hydroxyl groups excluding tert-OH is 1. The van der Waals surface area contributed by atoms with E-state index in [1.165, 1.54) is 25.0 Å². The lowest BCUT2D eigenvalue weighted by atomic mass is 10.1. The maximum Gasteiger partial charge on any atom is 0.411 e. The number of anilines is 2. The van der Waals surface area contributed by atoms with E-state index in [0.29, 0.717) is 23.4 Å². The minimum absolute atomic E-state index is 0.0913. The number of methoxy groups -OCH3 is 1. The third-order valence-corrected chi connectivity index (χ3v) is 15.6. The fourth-order valence-electron chi connectivity index (χ4n) is 7.48. The van der Waals surface area contributed by atoms with E-state index in [9.17, 15) is 29.1 Å². The van der Waals surface area contributed by atoms with Crippen molar-refractivity contribution in [2.75, 3.05) is 24.4 Å².